The molecule has 1 aromatic carbocycles. The van der Waals surface area contributed by atoms with E-state index in [0.29, 0.717) is 23.0 Å². The molecule has 6 heteroatoms. The van der Waals surface area contributed by atoms with Crippen LogP contribution < -0.4 is 5.32 Å². The van der Waals surface area contributed by atoms with E-state index in [2.05, 4.69) is 5.32 Å². The van der Waals surface area contributed by atoms with Crippen LogP contribution in [0.15, 0.2) is 18.2 Å². The Labute approximate surface area is 129 Å². The van der Waals surface area contributed by atoms with Gasteiger partial charge in [-0.2, -0.15) is 0 Å². The molecule has 0 spiro atoms. The van der Waals surface area contributed by atoms with Crippen LogP contribution in [0, 0.1) is 28.9 Å². The first-order chi connectivity index (χ1) is 10.6. The molecule has 0 unspecified atom stereocenters. The first-order valence-corrected chi connectivity index (χ1v) is 7.81. The molecule has 6 nitrogen and oxygen atoms in total. The molecular formula is C16H21N3O3. The normalized spacial score (nSPS) is 24.7. The highest BCUT2D eigenvalue weighted by Gasteiger charge is 2.32. The zero-order valence-electron chi connectivity index (χ0n) is 12.7. The Bertz CT molecular complexity index is 588. The van der Waals surface area contributed by atoms with Crippen LogP contribution in [0.25, 0.3) is 0 Å². The molecule has 2 saturated heterocycles. The summed E-state index contributed by atoms with van der Waals surface area (Å²) in [7, 11) is 0. The van der Waals surface area contributed by atoms with Gasteiger partial charge in [0.2, 0.25) is 0 Å². The molecular weight excluding hydrogens is 282 g/mol. The lowest BCUT2D eigenvalue weighted by Gasteiger charge is -2.21. The van der Waals surface area contributed by atoms with E-state index in [4.69, 9.17) is 0 Å². The van der Waals surface area contributed by atoms with Crippen molar-refractivity contribution in [3.05, 3.63) is 39.4 Å². The van der Waals surface area contributed by atoms with E-state index in [9.17, 15) is 14.9 Å². The zero-order chi connectivity index (χ0) is 15.7. The first kappa shape index (κ1) is 15.0. The molecule has 0 radical (unpaired) electrons. The molecule has 1 aromatic rings. The van der Waals surface area contributed by atoms with Crippen molar-refractivity contribution < 1.29 is 9.72 Å². The second-order valence-corrected chi connectivity index (χ2v) is 6.30. The predicted molar refractivity (Wildman–Crippen MR) is 82.8 cm³/mol. The number of nitrogens with zero attached hydrogens (tertiary/aromatic N) is 2. The highest BCUT2D eigenvalue weighted by atomic mass is 16.6. The van der Waals surface area contributed by atoms with Gasteiger partial charge in [0.05, 0.1) is 4.92 Å². The lowest BCUT2D eigenvalue weighted by atomic mass is 9.92. The van der Waals surface area contributed by atoms with E-state index in [0.717, 1.165) is 39.0 Å². The number of carbonyl (C=O) groups excluding carboxylic acids is 1. The fraction of sp³-hybridized carbons (Fsp3) is 0.562. The minimum Gasteiger partial charge on any atom is -0.339 e. The summed E-state index contributed by atoms with van der Waals surface area (Å²) in [6, 6.07) is 4.48. The van der Waals surface area contributed by atoms with E-state index < -0.39 is 4.92 Å². The lowest BCUT2D eigenvalue weighted by molar-refractivity contribution is -0.384. The van der Waals surface area contributed by atoms with Crippen LogP contribution in [0.3, 0.4) is 0 Å². The summed E-state index contributed by atoms with van der Waals surface area (Å²) in [5.41, 5.74) is 1.28. The SMILES string of the molecule is Cc1cc([N+](=O)[O-])ccc1C(=O)N1CC[C@@H]2CNC[C@@H]2CC1. The Hall–Kier alpha value is -1.95. The fourth-order valence-corrected chi connectivity index (χ4v) is 3.59. The molecule has 0 aliphatic carbocycles. The van der Waals surface area contributed by atoms with Crippen LogP contribution in [-0.4, -0.2) is 41.9 Å². The fourth-order valence-electron chi connectivity index (χ4n) is 3.59. The van der Waals surface area contributed by atoms with Crippen molar-refractivity contribution in [2.45, 2.75) is 19.8 Å². The van der Waals surface area contributed by atoms with Gasteiger partial charge in [0.25, 0.3) is 11.6 Å². The zero-order valence-corrected chi connectivity index (χ0v) is 12.7. The van der Waals surface area contributed by atoms with Gasteiger partial charge in [0.15, 0.2) is 0 Å². The molecule has 1 N–H and O–H groups in total. The number of likely N-dealkylation sites (tertiary alicyclic amines) is 1. The van der Waals surface area contributed by atoms with Gasteiger partial charge in [-0.15, -0.1) is 0 Å². The van der Waals surface area contributed by atoms with Gasteiger partial charge in [0.1, 0.15) is 0 Å². The van der Waals surface area contributed by atoms with Crippen molar-refractivity contribution in [3.8, 4) is 0 Å². The molecule has 0 saturated carbocycles. The molecule has 2 atom stereocenters. The lowest BCUT2D eigenvalue weighted by Crippen LogP contribution is -2.33. The molecule has 0 aromatic heterocycles. The highest BCUT2D eigenvalue weighted by molar-refractivity contribution is 5.96. The van der Waals surface area contributed by atoms with Crippen LogP contribution in [0.4, 0.5) is 5.69 Å². The summed E-state index contributed by atoms with van der Waals surface area (Å²) in [4.78, 5) is 25.0. The van der Waals surface area contributed by atoms with E-state index in [1.807, 2.05) is 4.90 Å². The average Bonchev–Trinajstić information content (AvgIpc) is 2.85. The van der Waals surface area contributed by atoms with Crippen LogP contribution in [0.5, 0.6) is 0 Å². The molecule has 0 bridgehead atoms. The van der Waals surface area contributed by atoms with Gasteiger partial charge in [-0.1, -0.05) is 0 Å². The third-order valence-corrected chi connectivity index (χ3v) is 4.96. The summed E-state index contributed by atoms with van der Waals surface area (Å²) in [5.74, 6) is 1.35. The molecule has 22 heavy (non-hydrogen) atoms. The molecule has 2 fully saturated rings. The quantitative estimate of drug-likeness (QED) is 0.669. The summed E-state index contributed by atoms with van der Waals surface area (Å²) in [6.07, 6.45) is 2.07. The molecule has 1 amide bonds. The maximum atomic E-state index is 12.7. The number of hydrogen-bond acceptors (Lipinski definition) is 4. The smallest absolute Gasteiger partial charge is 0.269 e. The van der Waals surface area contributed by atoms with E-state index >= 15 is 0 Å². The summed E-state index contributed by atoms with van der Waals surface area (Å²) >= 11 is 0. The number of rotatable bonds is 2. The number of benzene rings is 1. The monoisotopic (exact) mass is 303 g/mol. The van der Waals surface area contributed by atoms with Crippen LogP contribution in [0.1, 0.15) is 28.8 Å². The summed E-state index contributed by atoms with van der Waals surface area (Å²) in [6.45, 7) is 5.43. The average molecular weight is 303 g/mol. The molecule has 2 heterocycles. The molecule has 2 aliphatic rings. The van der Waals surface area contributed by atoms with E-state index in [1.54, 1.807) is 13.0 Å². The number of nitrogens with one attached hydrogen (secondary N) is 1. The van der Waals surface area contributed by atoms with Gasteiger partial charge in [-0.25, -0.2) is 0 Å². The Kier molecular flexibility index (Phi) is 4.11. The van der Waals surface area contributed by atoms with Gasteiger partial charge in [-0.3, -0.25) is 14.9 Å². The number of amides is 1. The van der Waals surface area contributed by atoms with Crippen molar-refractivity contribution in [1.82, 2.24) is 10.2 Å². The Morgan fingerprint density at radius 3 is 2.45 bits per heavy atom. The predicted octanol–water partition coefficient (Wildman–Crippen LogP) is 1.97. The van der Waals surface area contributed by atoms with Crippen molar-refractivity contribution in [1.29, 1.82) is 0 Å². The largest absolute Gasteiger partial charge is 0.339 e. The van der Waals surface area contributed by atoms with Crippen LogP contribution in [0.2, 0.25) is 0 Å². The number of hydrogen-bond donors (Lipinski definition) is 1. The van der Waals surface area contributed by atoms with Crippen molar-refractivity contribution >= 4 is 11.6 Å². The third-order valence-electron chi connectivity index (χ3n) is 4.96. The second-order valence-electron chi connectivity index (χ2n) is 6.30. The maximum Gasteiger partial charge on any atom is 0.269 e. The standard InChI is InChI=1S/C16H21N3O3/c1-11-8-14(19(21)22)2-3-15(11)16(20)18-6-4-12-9-17-10-13(12)5-7-18/h2-3,8,12-13,17H,4-7,9-10H2,1H3/t12-,13+. The molecule has 2 aliphatic heterocycles. The second kappa shape index (κ2) is 6.04. The highest BCUT2D eigenvalue weighted by Crippen LogP contribution is 2.28. The Morgan fingerprint density at radius 1 is 1.27 bits per heavy atom. The number of nitro benzene ring substituents is 1. The molecule has 118 valence electrons. The van der Waals surface area contributed by atoms with Crippen LogP contribution >= 0.6 is 0 Å². The van der Waals surface area contributed by atoms with E-state index in [1.165, 1.54) is 12.1 Å². The summed E-state index contributed by atoms with van der Waals surface area (Å²) < 4.78 is 0. The van der Waals surface area contributed by atoms with Crippen molar-refractivity contribution in [2.75, 3.05) is 26.2 Å². The Balaban J connectivity index is 1.75. The van der Waals surface area contributed by atoms with Gasteiger partial charge in [-0.05, 0) is 56.3 Å². The van der Waals surface area contributed by atoms with E-state index in [-0.39, 0.29) is 11.6 Å². The number of nitro groups is 1. The summed E-state index contributed by atoms with van der Waals surface area (Å²) in [5, 5.41) is 14.2. The third kappa shape index (κ3) is 2.83. The number of aryl methyl sites for hydroxylation is 1. The van der Waals surface area contributed by atoms with Gasteiger partial charge >= 0.3 is 0 Å². The Morgan fingerprint density at radius 2 is 1.91 bits per heavy atom. The number of carbonyl (C=O) groups is 1. The first-order valence-electron chi connectivity index (χ1n) is 7.81. The van der Waals surface area contributed by atoms with Gasteiger partial charge in [0, 0.05) is 30.8 Å². The number of non-ortho nitro benzene ring substituents is 1. The van der Waals surface area contributed by atoms with Gasteiger partial charge < -0.3 is 10.2 Å². The minimum atomic E-state index is -0.429. The number of fused-ring (bicyclic) bond motifs is 1. The van der Waals surface area contributed by atoms with Crippen molar-refractivity contribution in [2.24, 2.45) is 11.8 Å². The topological polar surface area (TPSA) is 75.5 Å². The molecule has 3 rings (SSSR count). The maximum absolute atomic E-state index is 12.7. The van der Waals surface area contributed by atoms with Crippen LogP contribution in [-0.2, 0) is 0 Å². The van der Waals surface area contributed by atoms with Crippen molar-refractivity contribution in [3.63, 3.8) is 0 Å². The minimum absolute atomic E-state index is 0.000306.